The van der Waals surface area contributed by atoms with E-state index in [0.717, 1.165) is 21.5 Å². The van der Waals surface area contributed by atoms with Crippen molar-refractivity contribution in [2.75, 3.05) is 6.26 Å². The van der Waals surface area contributed by atoms with Crippen LogP contribution in [0.15, 0.2) is 34.0 Å². The maximum Gasteiger partial charge on any atom is 0.189 e. The molecule has 0 radical (unpaired) electrons. The summed E-state index contributed by atoms with van der Waals surface area (Å²) in [4.78, 5) is 16.0. The summed E-state index contributed by atoms with van der Waals surface area (Å²) in [5.41, 5.74) is 1.95. The van der Waals surface area contributed by atoms with Crippen LogP contribution in [0, 0.1) is 6.92 Å². The first kappa shape index (κ1) is 9.34. The van der Waals surface area contributed by atoms with E-state index in [1.54, 1.807) is 17.8 Å². The lowest BCUT2D eigenvalue weighted by Gasteiger charge is -2.04. The van der Waals surface area contributed by atoms with Crippen molar-refractivity contribution in [3.63, 3.8) is 0 Å². The number of rotatable bonds is 1. The Morgan fingerprint density at radius 1 is 1.36 bits per heavy atom. The van der Waals surface area contributed by atoms with Gasteiger partial charge in [0.15, 0.2) is 5.43 Å². The van der Waals surface area contributed by atoms with Gasteiger partial charge in [-0.3, -0.25) is 4.79 Å². The van der Waals surface area contributed by atoms with E-state index in [1.165, 1.54) is 0 Å². The van der Waals surface area contributed by atoms with E-state index in [4.69, 9.17) is 0 Å². The van der Waals surface area contributed by atoms with Crippen molar-refractivity contribution in [3.05, 3.63) is 40.2 Å². The van der Waals surface area contributed by atoms with Gasteiger partial charge in [-0.25, -0.2) is 0 Å². The molecular formula is C11H11NOS. The molecule has 0 bridgehead atoms. The van der Waals surface area contributed by atoms with Gasteiger partial charge in [0.2, 0.25) is 0 Å². The van der Waals surface area contributed by atoms with Gasteiger partial charge >= 0.3 is 0 Å². The first-order valence-corrected chi connectivity index (χ1v) is 5.61. The Kier molecular flexibility index (Phi) is 2.33. The molecule has 1 heterocycles. The summed E-state index contributed by atoms with van der Waals surface area (Å²) in [6.07, 6.45) is 2.01. The third-order valence-electron chi connectivity index (χ3n) is 2.18. The van der Waals surface area contributed by atoms with Gasteiger partial charge in [0, 0.05) is 22.0 Å². The fraction of sp³-hybridized carbons (Fsp3) is 0.182. The molecule has 0 amide bonds. The number of hydrogen-bond acceptors (Lipinski definition) is 2. The van der Waals surface area contributed by atoms with Crippen LogP contribution in [-0.4, -0.2) is 11.2 Å². The Bertz CT molecular complexity index is 530. The van der Waals surface area contributed by atoms with Gasteiger partial charge in [0.25, 0.3) is 0 Å². The molecule has 0 aliphatic rings. The molecule has 0 spiro atoms. The minimum atomic E-state index is 0.0900. The number of thioether (sulfide) groups is 1. The lowest BCUT2D eigenvalue weighted by atomic mass is 10.2. The Hall–Kier alpha value is -1.22. The molecule has 0 fully saturated rings. The zero-order valence-corrected chi connectivity index (χ0v) is 8.94. The largest absolute Gasteiger partial charge is 0.358 e. The highest BCUT2D eigenvalue weighted by Gasteiger charge is 2.03. The molecule has 2 nitrogen and oxygen atoms in total. The molecule has 3 heteroatoms. The van der Waals surface area contributed by atoms with Gasteiger partial charge in [0.05, 0.1) is 5.52 Å². The summed E-state index contributed by atoms with van der Waals surface area (Å²) in [6.45, 7) is 1.90. The van der Waals surface area contributed by atoms with Crippen molar-refractivity contribution >= 4 is 22.7 Å². The summed E-state index contributed by atoms with van der Waals surface area (Å²) in [6, 6.07) is 7.42. The van der Waals surface area contributed by atoms with Crippen LogP contribution in [0.2, 0.25) is 0 Å². The van der Waals surface area contributed by atoms with E-state index >= 15 is 0 Å². The van der Waals surface area contributed by atoms with Crippen LogP contribution in [-0.2, 0) is 0 Å². The number of nitrogens with one attached hydrogen (secondary N) is 1. The molecule has 14 heavy (non-hydrogen) atoms. The zero-order chi connectivity index (χ0) is 10.1. The maximum atomic E-state index is 11.6. The van der Waals surface area contributed by atoms with Crippen LogP contribution in [0.4, 0.5) is 0 Å². The number of aromatic nitrogens is 1. The number of H-pyrrole nitrogens is 1. The van der Waals surface area contributed by atoms with Crippen molar-refractivity contribution in [1.29, 1.82) is 0 Å². The van der Waals surface area contributed by atoms with Crippen LogP contribution in [0.25, 0.3) is 10.9 Å². The molecule has 72 valence electrons. The quantitative estimate of drug-likeness (QED) is 0.726. The second-order valence-electron chi connectivity index (χ2n) is 3.20. The van der Waals surface area contributed by atoms with Crippen LogP contribution in [0.5, 0.6) is 0 Å². The molecule has 1 aromatic carbocycles. The lowest BCUT2D eigenvalue weighted by Crippen LogP contribution is -2.03. The number of aromatic amines is 1. The number of hydrogen-bond donors (Lipinski definition) is 1. The number of fused-ring (bicyclic) bond motifs is 1. The highest BCUT2D eigenvalue weighted by Crippen LogP contribution is 2.22. The summed E-state index contributed by atoms with van der Waals surface area (Å²) in [5, 5.41) is 0.766. The minimum Gasteiger partial charge on any atom is -0.358 e. The molecule has 0 saturated heterocycles. The van der Waals surface area contributed by atoms with Crippen molar-refractivity contribution in [1.82, 2.24) is 4.98 Å². The van der Waals surface area contributed by atoms with Gasteiger partial charge in [-0.15, -0.1) is 11.8 Å². The first-order valence-electron chi connectivity index (χ1n) is 4.39. The molecule has 0 aliphatic carbocycles. The van der Waals surface area contributed by atoms with Gasteiger partial charge in [-0.05, 0) is 25.3 Å². The SMILES string of the molecule is CSc1cccc2c(=O)cc(C)[nH]c12. The summed E-state index contributed by atoms with van der Waals surface area (Å²) >= 11 is 1.65. The molecular weight excluding hydrogens is 194 g/mol. The molecule has 2 rings (SSSR count). The summed E-state index contributed by atoms with van der Waals surface area (Å²) < 4.78 is 0. The van der Waals surface area contributed by atoms with Gasteiger partial charge in [-0.2, -0.15) is 0 Å². The Labute approximate surface area is 86.3 Å². The number of benzene rings is 1. The van der Waals surface area contributed by atoms with Crippen molar-refractivity contribution in [3.8, 4) is 0 Å². The second kappa shape index (κ2) is 3.50. The van der Waals surface area contributed by atoms with E-state index in [-0.39, 0.29) is 5.43 Å². The van der Waals surface area contributed by atoms with Crippen molar-refractivity contribution < 1.29 is 0 Å². The number of pyridine rings is 1. The Balaban J connectivity index is 2.94. The van der Waals surface area contributed by atoms with E-state index in [1.807, 2.05) is 31.4 Å². The lowest BCUT2D eigenvalue weighted by molar-refractivity contribution is 1.22. The molecule has 0 unspecified atom stereocenters. The Morgan fingerprint density at radius 2 is 2.14 bits per heavy atom. The van der Waals surface area contributed by atoms with Gasteiger partial charge < -0.3 is 4.98 Å². The third-order valence-corrected chi connectivity index (χ3v) is 2.96. The maximum absolute atomic E-state index is 11.6. The topological polar surface area (TPSA) is 32.9 Å². The van der Waals surface area contributed by atoms with Crippen molar-refractivity contribution in [2.24, 2.45) is 0 Å². The standard InChI is InChI=1S/C11H11NOS/c1-7-6-9(13)8-4-3-5-10(14-2)11(8)12-7/h3-6H,1-2H3,(H,12,13). The van der Waals surface area contributed by atoms with Crippen LogP contribution >= 0.6 is 11.8 Å². The van der Waals surface area contributed by atoms with E-state index in [2.05, 4.69) is 4.98 Å². The van der Waals surface area contributed by atoms with Crippen LogP contribution in [0.3, 0.4) is 0 Å². The number of para-hydroxylation sites is 1. The highest BCUT2D eigenvalue weighted by atomic mass is 32.2. The van der Waals surface area contributed by atoms with Crippen molar-refractivity contribution in [2.45, 2.75) is 11.8 Å². The smallest absolute Gasteiger partial charge is 0.189 e. The van der Waals surface area contributed by atoms with E-state index < -0.39 is 0 Å². The minimum absolute atomic E-state index is 0.0900. The van der Waals surface area contributed by atoms with Gasteiger partial charge in [0.1, 0.15) is 0 Å². The van der Waals surface area contributed by atoms with E-state index in [9.17, 15) is 4.79 Å². The molecule has 0 saturated carbocycles. The normalized spacial score (nSPS) is 10.7. The van der Waals surface area contributed by atoms with Crippen LogP contribution in [0.1, 0.15) is 5.69 Å². The first-order chi connectivity index (χ1) is 6.72. The Morgan fingerprint density at radius 3 is 2.86 bits per heavy atom. The fourth-order valence-corrected chi connectivity index (χ4v) is 2.12. The van der Waals surface area contributed by atoms with Crippen LogP contribution < -0.4 is 5.43 Å². The molecule has 0 atom stereocenters. The summed E-state index contributed by atoms with van der Waals surface area (Å²) in [7, 11) is 0. The number of aryl methyl sites for hydroxylation is 1. The molecule has 1 N–H and O–H groups in total. The fourth-order valence-electron chi connectivity index (χ4n) is 1.54. The molecule has 1 aromatic heterocycles. The summed E-state index contributed by atoms with van der Waals surface area (Å²) in [5.74, 6) is 0. The van der Waals surface area contributed by atoms with E-state index in [0.29, 0.717) is 0 Å². The third kappa shape index (κ3) is 1.44. The molecule has 0 aliphatic heterocycles. The second-order valence-corrected chi connectivity index (χ2v) is 4.05. The predicted octanol–water partition coefficient (Wildman–Crippen LogP) is 2.56. The molecule has 2 aromatic rings. The predicted molar refractivity (Wildman–Crippen MR) is 61.1 cm³/mol. The average molecular weight is 205 g/mol. The monoisotopic (exact) mass is 205 g/mol. The highest BCUT2D eigenvalue weighted by molar-refractivity contribution is 7.98. The average Bonchev–Trinajstić information content (AvgIpc) is 2.17. The van der Waals surface area contributed by atoms with Gasteiger partial charge in [-0.1, -0.05) is 6.07 Å². The zero-order valence-electron chi connectivity index (χ0n) is 8.13.